The Morgan fingerprint density at radius 1 is 0.652 bits per heavy atom. The van der Waals surface area contributed by atoms with Crippen LogP contribution in [0.2, 0.25) is 0 Å². The van der Waals surface area contributed by atoms with Gasteiger partial charge in [0.25, 0.3) is 0 Å². The van der Waals surface area contributed by atoms with Gasteiger partial charge in [-0.05, 0) is 0 Å². The summed E-state index contributed by atoms with van der Waals surface area (Å²) in [5, 5.41) is 23.2. The number of nitrogens with one attached hydrogen (secondary N) is 2. The van der Waals surface area contributed by atoms with E-state index < -0.39 is 25.0 Å². The second-order valence-electron chi connectivity index (χ2n) is 2.56. The fourth-order valence-electron chi connectivity index (χ4n) is 0.393. The molecule has 0 aromatic rings. The molecule has 140 valence electrons. The van der Waals surface area contributed by atoms with Crippen molar-refractivity contribution in [2.45, 2.75) is 13.8 Å². The number of hydrogen-bond donors (Lipinski definition) is 2. The molecule has 0 spiro atoms. The van der Waals surface area contributed by atoms with Crippen LogP contribution in [0.25, 0.3) is 0 Å². The number of carbonyl (C=O) groups excluding carboxylic acids is 4. The number of amides is 2. The van der Waals surface area contributed by atoms with Crippen molar-refractivity contribution < 1.29 is 62.2 Å². The minimum absolute atomic E-state index is 0. The van der Waals surface area contributed by atoms with Gasteiger partial charge in [-0.25, -0.2) is 0 Å². The van der Waals surface area contributed by atoms with Crippen LogP contribution in [0.3, 0.4) is 0 Å². The quantitative estimate of drug-likeness (QED) is 0.455. The second-order valence-corrected chi connectivity index (χ2v) is 2.56. The summed E-state index contributed by atoms with van der Waals surface area (Å²) < 4.78 is 0. The van der Waals surface area contributed by atoms with Gasteiger partial charge in [-0.3, -0.25) is 9.59 Å². The van der Waals surface area contributed by atoms with Gasteiger partial charge in [-0.15, -0.1) is 0 Å². The van der Waals surface area contributed by atoms with E-state index in [1.807, 2.05) is 10.6 Å². The zero-order chi connectivity index (χ0) is 13.1. The maximum absolute atomic E-state index is 9.95. The Bertz CT molecular complexity index is 232. The van der Waals surface area contributed by atoms with Crippen molar-refractivity contribution in [3.63, 3.8) is 0 Å². The molecule has 0 rings (SSSR count). The van der Waals surface area contributed by atoms with Crippen molar-refractivity contribution in [3.8, 4) is 0 Å². The van der Waals surface area contributed by atoms with Crippen molar-refractivity contribution in [1.29, 1.82) is 0 Å². The van der Waals surface area contributed by atoms with E-state index in [0.29, 0.717) is 0 Å². The summed E-state index contributed by atoms with van der Waals surface area (Å²) in [4.78, 5) is 39.0. The molecular weight excluding hydrogens is 340 g/mol. The summed E-state index contributed by atoms with van der Waals surface area (Å²) in [6, 6.07) is 0. The maximum atomic E-state index is 9.95. The SMILES string of the molecule is CC(=O)NCC(=O)[O-].CC(=O)NCC(=O)[O-].O.O.O.O.O.O.[Mg+2]. The molecule has 23 heavy (non-hydrogen) atoms. The van der Waals surface area contributed by atoms with Crippen LogP contribution in [0.5, 0.6) is 0 Å². The van der Waals surface area contributed by atoms with Crippen molar-refractivity contribution in [1.82, 2.24) is 10.6 Å². The predicted molar refractivity (Wildman–Crippen MR) is 74.8 cm³/mol. The number of rotatable bonds is 4. The van der Waals surface area contributed by atoms with Crippen LogP contribution >= 0.6 is 0 Å². The molecule has 15 heteroatoms. The first kappa shape index (κ1) is 57.9. The first-order chi connectivity index (χ1) is 7.25. The molecule has 0 radical (unpaired) electrons. The summed E-state index contributed by atoms with van der Waals surface area (Å²) in [5.41, 5.74) is 0. The predicted octanol–water partition coefficient (Wildman–Crippen LogP) is -9.58. The van der Waals surface area contributed by atoms with Gasteiger partial charge in [-0.2, -0.15) is 0 Å². The number of carbonyl (C=O) groups is 4. The maximum Gasteiger partial charge on any atom is 2.00 e. The Labute approximate surface area is 147 Å². The van der Waals surface area contributed by atoms with Gasteiger partial charge in [0, 0.05) is 13.8 Å². The molecule has 0 saturated carbocycles. The van der Waals surface area contributed by atoms with E-state index in [-0.39, 0.29) is 67.7 Å². The van der Waals surface area contributed by atoms with Gasteiger partial charge in [0.1, 0.15) is 0 Å². The molecule has 0 aliphatic heterocycles. The molecule has 0 heterocycles. The van der Waals surface area contributed by atoms with Crippen LogP contribution in [-0.2, 0) is 19.2 Å². The average Bonchev–Trinajstić information content (AvgIpc) is 2.12. The van der Waals surface area contributed by atoms with Crippen LogP contribution in [-0.4, -0.2) is 92.8 Å². The summed E-state index contributed by atoms with van der Waals surface area (Å²) in [6.07, 6.45) is 0. The Kier molecular flexibility index (Phi) is 93.2. The number of hydrogen-bond acceptors (Lipinski definition) is 6. The van der Waals surface area contributed by atoms with E-state index in [4.69, 9.17) is 0 Å². The molecule has 0 aromatic carbocycles. The molecule has 0 saturated heterocycles. The van der Waals surface area contributed by atoms with Gasteiger partial charge in [0.15, 0.2) is 0 Å². The molecule has 0 fully saturated rings. The number of carboxylic acid groups (broad SMARTS) is 2. The molecule has 0 aliphatic carbocycles. The Morgan fingerprint density at radius 2 is 0.826 bits per heavy atom. The third-order valence-corrected chi connectivity index (χ3v) is 0.963. The van der Waals surface area contributed by atoms with Crippen molar-refractivity contribution in [3.05, 3.63) is 0 Å². The van der Waals surface area contributed by atoms with Gasteiger partial charge < -0.3 is 63.3 Å². The van der Waals surface area contributed by atoms with Crippen molar-refractivity contribution >= 4 is 46.8 Å². The van der Waals surface area contributed by atoms with E-state index in [1.165, 1.54) is 13.8 Å². The average molecular weight is 365 g/mol. The van der Waals surface area contributed by atoms with Crippen LogP contribution < -0.4 is 20.8 Å². The minimum Gasteiger partial charge on any atom is -0.548 e. The molecule has 0 atom stereocenters. The smallest absolute Gasteiger partial charge is 0.548 e. The Morgan fingerprint density at radius 3 is 0.870 bits per heavy atom. The minimum atomic E-state index is -1.28. The molecule has 0 aromatic heterocycles. The zero-order valence-electron chi connectivity index (χ0n) is 12.6. The molecular formula is C8H24MgN2O12. The molecule has 14 nitrogen and oxygen atoms in total. The Balaban J connectivity index is -0.0000000187. The van der Waals surface area contributed by atoms with E-state index >= 15 is 0 Å². The first-order valence-electron chi connectivity index (χ1n) is 4.14. The first-order valence-corrected chi connectivity index (χ1v) is 4.14. The normalized spacial score (nSPS) is 5.65. The van der Waals surface area contributed by atoms with Crippen LogP contribution in [0, 0.1) is 0 Å². The van der Waals surface area contributed by atoms with Crippen LogP contribution in [0.15, 0.2) is 0 Å². The third kappa shape index (κ3) is 97.8. The van der Waals surface area contributed by atoms with Gasteiger partial charge in [-0.1, -0.05) is 0 Å². The van der Waals surface area contributed by atoms with E-state index in [2.05, 4.69) is 0 Å². The monoisotopic (exact) mass is 364 g/mol. The fraction of sp³-hybridized carbons (Fsp3) is 0.500. The largest absolute Gasteiger partial charge is 2.00 e. The summed E-state index contributed by atoms with van der Waals surface area (Å²) in [5.74, 6) is -3.29. The van der Waals surface area contributed by atoms with Crippen molar-refractivity contribution in [2.24, 2.45) is 0 Å². The molecule has 2 amide bonds. The zero-order valence-corrected chi connectivity index (χ0v) is 14.0. The molecule has 0 aliphatic rings. The van der Waals surface area contributed by atoms with Crippen LogP contribution in [0.1, 0.15) is 13.8 Å². The molecule has 0 bridgehead atoms. The second kappa shape index (κ2) is 37.0. The summed E-state index contributed by atoms with van der Waals surface area (Å²) in [7, 11) is 0. The van der Waals surface area contributed by atoms with Crippen molar-refractivity contribution in [2.75, 3.05) is 13.1 Å². The standard InChI is InChI=1S/2C4H7NO3.Mg.6H2O/c2*1-3(6)5-2-4(7)8;;;;;;;/h2*2H2,1H3,(H,5,6)(H,7,8);;6*1H2/q;;+2;;;;;;/p-2. The number of aliphatic carboxylic acids is 2. The van der Waals surface area contributed by atoms with E-state index in [9.17, 15) is 29.4 Å². The number of carboxylic acids is 2. The summed E-state index contributed by atoms with van der Waals surface area (Å²) in [6.45, 7) is 1.66. The fourth-order valence-corrected chi connectivity index (χ4v) is 0.393. The topological polar surface area (TPSA) is 327 Å². The molecule has 14 N–H and O–H groups in total. The van der Waals surface area contributed by atoms with Crippen LogP contribution in [0.4, 0.5) is 0 Å². The molecule has 0 unspecified atom stereocenters. The Hall–Kier alpha value is -1.59. The van der Waals surface area contributed by atoms with Gasteiger partial charge in [0.05, 0.1) is 25.0 Å². The van der Waals surface area contributed by atoms with Gasteiger partial charge in [0.2, 0.25) is 11.8 Å². The third-order valence-electron chi connectivity index (χ3n) is 0.963. The summed E-state index contributed by atoms with van der Waals surface area (Å²) >= 11 is 0. The van der Waals surface area contributed by atoms with E-state index in [0.717, 1.165) is 0 Å². The van der Waals surface area contributed by atoms with E-state index in [1.54, 1.807) is 0 Å². The van der Waals surface area contributed by atoms with Gasteiger partial charge >= 0.3 is 23.1 Å².